The Kier molecular flexibility index (Phi) is 8.30. The van der Waals surface area contributed by atoms with Gasteiger partial charge in [-0.3, -0.25) is 9.59 Å². The Morgan fingerprint density at radius 3 is 1.97 bits per heavy atom. The number of hydrogen-bond acceptors (Lipinski definition) is 3. The molecular formula is C23H17Cl3F6N4O2. The number of halogens is 9. The van der Waals surface area contributed by atoms with Crippen LogP contribution in [0.15, 0.2) is 30.3 Å². The van der Waals surface area contributed by atoms with E-state index < -0.39 is 56.9 Å². The van der Waals surface area contributed by atoms with E-state index in [2.05, 4.69) is 15.7 Å². The Bertz CT molecular complexity index is 1390. The van der Waals surface area contributed by atoms with Crippen molar-refractivity contribution in [1.82, 2.24) is 15.1 Å². The van der Waals surface area contributed by atoms with Crippen molar-refractivity contribution in [1.29, 1.82) is 0 Å². The summed E-state index contributed by atoms with van der Waals surface area (Å²) in [5.74, 6) is -1.82. The summed E-state index contributed by atoms with van der Waals surface area (Å²) in [6.45, 7) is 4.86. The van der Waals surface area contributed by atoms with Gasteiger partial charge < -0.3 is 10.6 Å². The molecule has 2 N–H and O–H groups in total. The fourth-order valence-electron chi connectivity index (χ4n) is 3.39. The van der Waals surface area contributed by atoms with E-state index in [0.717, 1.165) is 0 Å². The number of anilines is 1. The van der Waals surface area contributed by atoms with E-state index >= 15 is 0 Å². The number of nitrogens with one attached hydrogen (secondary N) is 2. The van der Waals surface area contributed by atoms with Gasteiger partial charge in [0.2, 0.25) is 0 Å². The van der Waals surface area contributed by atoms with Gasteiger partial charge in [-0.25, -0.2) is 4.68 Å². The normalized spacial score (nSPS) is 12.1. The Labute approximate surface area is 226 Å². The quantitative estimate of drug-likeness (QED) is 0.296. The molecule has 0 unspecified atom stereocenters. The predicted octanol–water partition coefficient (Wildman–Crippen LogP) is 7.57. The van der Waals surface area contributed by atoms with Crippen LogP contribution in [0.5, 0.6) is 0 Å². The predicted molar refractivity (Wildman–Crippen MR) is 130 cm³/mol. The molecule has 0 radical (unpaired) electrons. The summed E-state index contributed by atoms with van der Waals surface area (Å²) in [6.07, 6.45) is -9.89. The van der Waals surface area contributed by atoms with Crippen LogP contribution in [-0.4, -0.2) is 27.6 Å². The van der Waals surface area contributed by atoms with Crippen LogP contribution in [0, 0.1) is 6.92 Å². The molecule has 3 aromatic rings. The standard InChI is InChI=1S/C23H17Cl3F6N4O2/c1-9(2)33-20(37)13-7-12(24)4-10(3)18(13)34-21(38)16-8-17(23(30,31)32)35-36(16)19-14(25)5-11(6-15(19)26)22(27,28)29/h4-9H,1-3H3,(H,33,37)(H,34,38). The van der Waals surface area contributed by atoms with E-state index in [1.165, 1.54) is 19.1 Å². The molecule has 2 amide bonds. The van der Waals surface area contributed by atoms with Gasteiger partial charge in [0.25, 0.3) is 11.8 Å². The largest absolute Gasteiger partial charge is 0.435 e. The van der Waals surface area contributed by atoms with Gasteiger partial charge in [0.1, 0.15) is 11.4 Å². The number of rotatable bonds is 5. The zero-order chi connectivity index (χ0) is 28.7. The maximum absolute atomic E-state index is 13.5. The van der Waals surface area contributed by atoms with Crippen LogP contribution < -0.4 is 10.6 Å². The van der Waals surface area contributed by atoms with Gasteiger partial charge >= 0.3 is 12.4 Å². The maximum atomic E-state index is 13.5. The number of carbonyl (C=O) groups is 2. The summed E-state index contributed by atoms with van der Waals surface area (Å²) in [5, 5.41) is 7.06. The Balaban J connectivity index is 2.17. The van der Waals surface area contributed by atoms with Crippen molar-refractivity contribution >= 4 is 52.3 Å². The van der Waals surface area contributed by atoms with Gasteiger partial charge in [-0.05, 0) is 50.6 Å². The molecule has 1 aromatic heterocycles. The summed E-state index contributed by atoms with van der Waals surface area (Å²) < 4.78 is 80.4. The van der Waals surface area contributed by atoms with Gasteiger partial charge in [-0.2, -0.15) is 31.4 Å². The topological polar surface area (TPSA) is 76.0 Å². The molecule has 0 aliphatic carbocycles. The van der Waals surface area contributed by atoms with E-state index in [9.17, 15) is 35.9 Å². The van der Waals surface area contributed by atoms with Crippen LogP contribution in [0.3, 0.4) is 0 Å². The van der Waals surface area contributed by atoms with Crippen molar-refractivity contribution in [2.75, 3.05) is 5.32 Å². The first-order chi connectivity index (χ1) is 17.4. The summed E-state index contributed by atoms with van der Waals surface area (Å²) in [6, 6.07) is 3.62. The van der Waals surface area contributed by atoms with Crippen LogP contribution in [0.1, 0.15) is 51.5 Å². The molecule has 0 aliphatic rings. The highest BCUT2D eigenvalue weighted by molar-refractivity contribution is 6.38. The second-order valence-corrected chi connectivity index (χ2v) is 9.59. The van der Waals surface area contributed by atoms with Crippen LogP contribution in [-0.2, 0) is 12.4 Å². The minimum absolute atomic E-state index is 0.0662. The zero-order valence-electron chi connectivity index (χ0n) is 19.6. The average molecular weight is 602 g/mol. The third kappa shape index (κ3) is 6.36. The van der Waals surface area contributed by atoms with Gasteiger partial charge in [-0.15, -0.1) is 0 Å². The molecule has 0 spiro atoms. The first kappa shape index (κ1) is 29.6. The number of carbonyl (C=O) groups excluding carboxylic acids is 2. The van der Waals surface area contributed by atoms with Crippen LogP contribution in [0.25, 0.3) is 5.69 Å². The number of alkyl halides is 6. The SMILES string of the molecule is Cc1cc(Cl)cc(C(=O)NC(C)C)c1NC(=O)c1cc(C(F)(F)F)nn1-c1c(Cl)cc(C(F)(F)F)cc1Cl. The molecule has 2 aromatic carbocycles. The molecule has 38 heavy (non-hydrogen) atoms. The molecule has 6 nitrogen and oxygen atoms in total. The summed E-state index contributed by atoms with van der Waals surface area (Å²) >= 11 is 18.0. The first-order valence-electron chi connectivity index (χ1n) is 10.6. The zero-order valence-corrected chi connectivity index (χ0v) is 21.8. The van der Waals surface area contributed by atoms with Crippen molar-refractivity contribution in [2.45, 2.75) is 39.2 Å². The monoisotopic (exact) mass is 600 g/mol. The summed E-state index contributed by atoms with van der Waals surface area (Å²) in [7, 11) is 0. The third-order valence-electron chi connectivity index (χ3n) is 4.99. The number of amides is 2. The molecule has 0 bridgehead atoms. The molecule has 15 heteroatoms. The molecule has 0 saturated heterocycles. The minimum atomic E-state index is -5.04. The maximum Gasteiger partial charge on any atom is 0.435 e. The molecular weight excluding hydrogens is 585 g/mol. The van der Waals surface area contributed by atoms with Crippen LogP contribution in [0.2, 0.25) is 15.1 Å². The number of nitrogens with zero attached hydrogens (tertiary/aromatic N) is 2. The Morgan fingerprint density at radius 2 is 1.47 bits per heavy atom. The molecule has 0 aliphatic heterocycles. The van der Waals surface area contributed by atoms with E-state index in [1.807, 2.05) is 0 Å². The van der Waals surface area contributed by atoms with Crippen molar-refractivity contribution in [3.63, 3.8) is 0 Å². The van der Waals surface area contributed by atoms with Gasteiger partial charge in [0.15, 0.2) is 5.69 Å². The molecule has 0 fully saturated rings. The molecule has 204 valence electrons. The summed E-state index contributed by atoms with van der Waals surface area (Å²) in [5.41, 5.74) is -4.01. The van der Waals surface area contributed by atoms with Gasteiger partial charge in [-0.1, -0.05) is 34.8 Å². The van der Waals surface area contributed by atoms with Crippen molar-refractivity contribution in [2.24, 2.45) is 0 Å². The molecule has 3 rings (SSSR count). The molecule has 1 heterocycles. The number of aryl methyl sites for hydroxylation is 1. The second kappa shape index (κ2) is 10.7. The van der Waals surface area contributed by atoms with Crippen LogP contribution in [0.4, 0.5) is 32.0 Å². The number of aromatic nitrogens is 2. The van der Waals surface area contributed by atoms with Gasteiger partial charge in [0.05, 0.1) is 26.9 Å². The highest BCUT2D eigenvalue weighted by atomic mass is 35.5. The lowest BCUT2D eigenvalue weighted by Gasteiger charge is -2.17. The minimum Gasteiger partial charge on any atom is -0.350 e. The smallest absolute Gasteiger partial charge is 0.350 e. The summed E-state index contributed by atoms with van der Waals surface area (Å²) in [4.78, 5) is 26.0. The lowest BCUT2D eigenvalue weighted by Crippen LogP contribution is -2.31. The highest BCUT2D eigenvalue weighted by Gasteiger charge is 2.38. The lowest BCUT2D eigenvalue weighted by molar-refractivity contribution is -0.141. The van der Waals surface area contributed by atoms with E-state index in [-0.39, 0.29) is 22.3 Å². The van der Waals surface area contributed by atoms with Crippen molar-refractivity contribution in [3.05, 3.63) is 73.5 Å². The fourth-order valence-corrected chi connectivity index (χ4v) is 4.31. The van der Waals surface area contributed by atoms with E-state index in [4.69, 9.17) is 34.8 Å². The van der Waals surface area contributed by atoms with Crippen LogP contribution >= 0.6 is 34.8 Å². The number of benzene rings is 2. The van der Waals surface area contributed by atoms with E-state index in [1.54, 1.807) is 13.8 Å². The Hall–Kier alpha value is -2.96. The highest BCUT2D eigenvalue weighted by Crippen LogP contribution is 2.39. The second-order valence-electron chi connectivity index (χ2n) is 8.34. The third-order valence-corrected chi connectivity index (χ3v) is 5.79. The lowest BCUT2D eigenvalue weighted by atomic mass is 10.1. The molecule has 0 atom stereocenters. The fraction of sp³-hybridized carbons (Fsp3) is 0.261. The first-order valence-corrected chi connectivity index (χ1v) is 11.7. The van der Waals surface area contributed by atoms with Crippen molar-refractivity contribution < 1.29 is 35.9 Å². The van der Waals surface area contributed by atoms with Crippen molar-refractivity contribution in [3.8, 4) is 5.69 Å². The number of hydrogen-bond donors (Lipinski definition) is 2. The Morgan fingerprint density at radius 1 is 0.895 bits per heavy atom. The van der Waals surface area contributed by atoms with E-state index in [0.29, 0.717) is 28.4 Å². The van der Waals surface area contributed by atoms with Gasteiger partial charge in [0, 0.05) is 17.1 Å². The average Bonchev–Trinajstić information content (AvgIpc) is 3.19. The molecule has 0 saturated carbocycles.